The average Bonchev–Trinajstić information content (AvgIpc) is 3.46. The smallest absolute Gasteiger partial charge is 0.350 e. The number of nitrogens with zero attached hydrogens (tertiary/aromatic N) is 2. The summed E-state index contributed by atoms with van der Waals surface area (Å²) in [6.45, 7) is 6.89. The Morgan fingerprint density at radius 1 is 1.12 bits per heavy atom. The highest BCUT2D eigenvalue weighted by Crippen LogP contribution is 2.48. The van der Waals surface area contributed by atoms with E-state index in [0.29, 0.717) is 33.9 Å². The Kier molecular flexibility index (Phi) is 8.24. The minimum Gasteiger partial charge on any atom is -0.507 e. The molecular weight excluding hydrogens is 536 g/mol. The van der Waals surface area contributed by atoms with Gasteiger partial charge < -0.3 is 24.1 Å². The standard InChI is InChI=1S/C29H28N2O8S/c1-7-13-39-28(35)26-16(3)30-29(40-26)31-22(19-9-8-10-20(37-5)25(19)38-6)21(24(33)27(31)34)23(32)18-12-11-17(36-4)14-15(18)2/h7-12,14,22,32H,1,13H2,2-6H3. The van der Waals surface area contributed by atoms with Crippen molar-refractivity contribution >= 4 is 39.9 Å². The highest BCUT2D eigenvalue weighted by Gasteiger charge is 2.49. The van der Waals surface area contributed by atoms with Crippen molar-refractivity contribution in [1.82, 2.24) is 4.98 Å². The molecular formula is C29H28N2O8S. The summed E-state index contributed by atoms with van der Waals surface area (Å²) in [5.74, 6) is -1.69. The molecule has 0 bridgehead atoms. The van der Waals surface area contributed by atoms with Gasteiger partial charge in [-0.1, -0.05) is 36.1 Å². The Labute approximate surface area is 235 Å². The predicted octanol–water partition coefficient (Wildman–Crippen LogP) is 4.75. The Hall–Kier alpha value is -4.64. The fraction of sp³-hybridized carbons (Fsp3) is 0.241. The van der Waals surface area contributed by atoms with Crippen LogP contribution in [0.2, 0.25) is 0 Å². The van der Waals surface area contributed by atoms with E-state index in [-0.39, 0.29) is 33.7 Å². The molecule has 2 aromatic carbocycles. The van der Waals surface area contributed by atoms with Gasteiger partial charge in [-0.05, 0) is 43.7 Å². The van der Waals surface area contributed by atoms with Gasteiger partial charge in [0.15, 0.2) is 16.6 Å². The molecule has 1 saturated heterocycles. The second-order valence-corrected chi connectivity index (χ2v) is 9.71. The molecule has 3 aromatic rings. The molecule has 1 aliphatic rings. The van der Waals surface area contributed by atoms with Crippen molar-refractivity contribution in [2.24, 2.45) is 0 Å². The van der Waals surface area contributed by atoms with Gasteiger partial charge in [0.1, 0.15) is 29.0 Å². The van der Waals surface area contributed by atoms with E-state index in [2.05, 4.69) is 11.6 Å². The number of methoxy groups -OCH3 is 3. The van der Waals surface area contributed by atoms with E-state index < -0.39 is 23.7 Å². The number of amides is 1. The molecule has 1 amide bonds. The number of rotatable bonds is 9. The number of aromatic nitrogens is 1. The van der Waals surface area contributed by atoms with E-state index in [4.69, 9.17) is 18.9 Å². The van der Waals surface area contributed by atoms with E-state index in [1.807, 2.05) is 0 Å². The largest absolute Gasteiger partial charge is 0.507 e. The summed E-state index contributed by atoms with van der Waals surface area (Å²) >= 11 is 0.901. The lowest BCUT2D eigenvalue weighted by atomic mass is 9.93. The number of aliphatic hydroxyl groups is 1. The lowest BCUT2D eigenvalue weighted by Crippen LogP contribution is -2.29. The molecule has 11 heteroatoms. The SMILES string of the molecule is C=CCOC(=O)c1sc(N2C(=O)C(=O)C(=C(O)c3ccc(OC)cc3C)C2c2cccc(OC)c2OC)nc1C. The number of hydrogen-bond donors (Lipinski definition) is 1. The number of benzene rings is 2. The summed E-state index contributed by atoms with van der Waals surface area (Å²) in [6.07, 6.45) is 1.43. The Balaban J connectivity index is 1.98. The average molecular weight is 565 g/mol. The number of hydrogen-bond acceptors (Lipinski definition) is 10. The first-order valence-electron chi connectivity index (χ1n) is 12.1. The van der Waals surface area contributed by atoms with Crippen LogP contribution in [0, 0.1) is 13.8 Å². The van der Waals surface area contributed by atoms with E-state index in [1.165, 1.54) is 27.4 Å². The van der Waals surface area contributed by atoms with Crippen LogP contribution in [0.5, 0.6) is 17.2 Å². The number of aryl methyl sites for hydroxylation is 2. The van der Waals surface area contributed by atoms with Crippen molar-refractivity contribution in [3.05, 3.63) is 81.9 Å². The highest BCUT2D eigenvalue weighted by molar-refractivity contribution is 7.17. The van der Waals surface area contributed by atoms with Gasteiger partial charge in [0, 0.05) is 11.1 Å². The maximum Gasteiger partial charge on any atom is 0.350 e. The van der Waals surface area contributed by atoms with Crippen LogP contribution >= 0.6 is 11.3 Å². The first-order chi connectivity index (χ1) is 19.2. The molecule has 2 heterocycles. The van der Waals surface area contributed by atoms with E-state index in [1.54, 1.807) is 50.2 Å². The number of esters is 1. The summed E-state index contributed by atoms with van der Waals surface area (Å²) in [5, 5.41) is 11.6. The third-order valence-electron chi connectivity index (χ3n) is 6.37. The number of thiazole rings is 1. The van der Waals surface area contributed by atoms with Crippen LogP contribution in [0.3, 0.4) is 0 Å². The minimum absolute atomic E-state index is 0.00174. The van der Waals surface area contributed by atoms with Crippen molar-refractivity contribution in [3.63, 3.8) is 0 Å². The second kappa shape index (κ2) is 11.6. The van der Waals surface area contributed by atoms with Crippen LogP contribution in [0.15, 0.2) is 54.6 Å². The highest BCUT2D eigenvalue weighted by atomic mass is 32.1. The van der Waals surface area contributed by atoms with Crippen LogP contribution in [0.1, 0.15) is 38.1 Å². The maximum atomic E-state index is 13.6. The molecule has 1 atom stereocenters. The van der Waals surface area contributed by atoms with Crippen LogP contribution in [-0.2, 0) is 14.3 Å². The van der Waals surface area contributed by atoms with Crippen molar-refractivity contribution in [2.75, 3.05) is 32.8 Å². The van der Waals surface area contributed by atoms with Crippen LogP contribution in [0.25, 0.3) is 5.76 Å². The zero-order valence-corrected chi connectivity index (χ0v) is 23.5. The van der Waals surface area contributed by atoms with E-state index >= 15 is 0 Å². The van der Waals surface area contributed by atoms with Gasteiger partial charge in [-0.15, -0.1) is 0 Å². The number of ether oxygens (including phenoxy) is 4. The lowest BCUT2D eigenvalue weighted by Gasteiger charge is -2.25. The van der Waals surface area contributed by atoms with Gasteiger partial charge in [0.25, 0.3) is 5.78 Å². The number of carbonyl (C=O) groups excluding carboxylic acids is 3. The predicted molar refractivity (Wildman–Crippen MR) is 149 cm³/mol. The van der Waals surface area contributed by atoms with Crippen molar-refractivity contribution in [3.8, 4) is 17.2 Å². The molecule has 1 aromatic heterocycles. The third-order valence-corrected chi connectivity index (χ3v) is 7.51. The molecule has 1 unspecified atom stereocenters. The maximum absolute atomic E-state index is 13.6. The number of anilines is 1. The van der Waals surface area contributed by atoms with Gasteiger partial charge >= 0.3 is 11.9 Å². The molecule has 208 valence electrons. The zero-order chi connectivity index (χ0) is 29.1. The lowest BCUT2D eigenvalue weighted by molar-refractivity contribution is -0.132. The van der Waals surface area contributed by atoms with Gasteiger partial charge in [-0.3, -0.25) is 14.5 Å². The van der Waals surface area contributed by atoms with Crippen molar-refractivity contribution in [2.45, 2.75) is 19.9 Å². The fourth-order valence-corrected chi connectivity index (χ4v) is 5.49. The quantitative estimate of drug-likeness (QED) is 0.129. The normalized spacial score (nSPS) is 16.1. The topological polar surface area (TPSA) is 124 Å². The van der Waals surface area contributed by atoms with Gasteiger partial charge in [-0.2, -0.15) is 0 Å². The molecule has 1 fully saturated rings. The number of carbonyl (C=O) groups is 3. The molecule has 40 heavy (non-hydrogen) atoms. The first kappa shape index (κ1) is 28.4. The number of Topliss-reactive ketones (excluding diaryl/α,β-unsaturated/α-hetero) is 1. The molecule has 10 nitrogen and oxygen atoms in total. The van der Waals surface area contributed by atoms with Crippen molar-refractivity contribution < 1.29 is 38.4 Å². The van der Waals surface area contributed by atoms with E-state index in [0.717, 1.165) is 16.2 Å². The minimum atomic E-state index is -1.16. The van der Waals surface area contributed by atoms with Crippen LogP contribution in [0.4, 0.5) is 5.13 Å². The summed E-state index contributed by atoms with van der Waals surface area (Å²) in [6, 6.07) is 8.82. The first-order valence-corrected chi connectivity index (χ1v) is 12.9. The molecule has 0 saturated carbocycles. The van der Waals surface area contributed by atoms with Gasteiger partial charge in [0.05, 0.1) is 32.6 Å². The summed E-state index contributed by atoms with van der Waals surface area (Å²) in [7, 11) is 4.42. The molecule has 0 aliphatic carbocycles. The number of para-hydroxylation sites is 1. The van der Waals surface area contributed by atoms with Gasteiger partial charge in [0.2, 0.25) is 0 Å². The summed E-state index contributed by atoms with van der Waals surface area (Å²) < 4.78 is 21.5. The van der Waals surface area contributed by atoms with E-state index in [9.17, 15) is 19.5 Å². The number of aliphatic hydroxyl groups excluding tert-OH is 1. The summed E-state index contributed by atoms with van der Waals surface area (Å²) in [5.41, 5.74) is 1.48. The molecule has 1 aliphatic heterocycles. The van der Waals surface area contributed by atoms with Crippen LogP contribution < -0.4 is 19.1 Å². The molecule has 0 radical (unpaired) electrons. The number of ketones is 1. The summed E-state index contributed by atoms with van der Waals surface area (Å²) in [4.78, 5) is 45.6. The Morgan fingerprint density at radius 3 is 2.50 bits per heavy atom. The monoisotopic (exact) mass is 564 g/mol. The molecule has 4 rings (SSSR count). The Morgan fingerprint density at radius 2 is 1.88 bits per heavy atom. The Bertz CT molecular complexity index is 1540. The molecule has 0 spiro atoms. The van der Waals surface area contributed by atoms with Gasteiger partial charge in [-0.25, -0.2) is 9.78 Å². The third kappa shape index (κ3) is 4.91. The second-order valence-electron chi connectivity index (χ2n) is 8.73. The van der Waals surface area contributed by atoms with Crippen LogP contribution in [-0.4, -0.2) is 55.7 Å². The zero-order valence-electron chi connectivity index (χ0n) is 22.6. The van der Waals surface area contributed by atoms with Crippen molar-refractivity contribution in [1.29, 1.82) is 0 Å². The molecule has 1 N–H and O–H groups in total. The fourth-order valence-electron chi connectivity index (χ4n) is 4.50.